The fraction of sp³-hybridized carbons (Fsp3) is 0.556. The van der Waals surface area contributed by atoms with Crippen LogP contribution in [0.3, 0.4) is 0 Å². The first-order chi connectivity index (χ1) is 36.2. The monoisotopic (exact) mass is 1090 g/mol. The number of carbonyl (C=O) groups excluding carboxylic acids is 10. The van der Waals surface area contributed by atoms with Crippen molar-refractivity contribution < 1.29 is 67.7 Å². The SMILES string of the molecule is C[C@H](N)C(=O)N[C@@H](CCCCN)C(=O)N[C@@H](CCCN=C(N)N)C(=O)N[C@@H](CCCN=C(N)N)C(=O)NCC(=O)N[C@@H](CC(=O)O)C(=O)N[C@@H](CN1C(=O)c2ccc(N(C)C)cc2C1=O)C(=O)N[C@@H](CCC(=O)O)C(N)=O. The Balaban J connectivity index is 2.43. The van der Waals surface area contributed by atoms with E-state index < -0.39 is 146 Å². The standard InChI is InChI=1S/C45H72N18O14/c1-22(47)36(70)58-28(8-4-5-15-46)38(72)60-29(10-7-17-54-45(51)52)39(73)59-27(9-6-16-53-44(49)50)37(71)55-20-32(64)56-30(19-34(67)68)40(74)61-31(41(75)57-26(35(48)69)13-14-33(65)66)21-63-42(76)24-12-11-23(62(2)3)18-25(24)43(63)77/h11-12,18,22,26-31H,4-10,13-17,19-21,46-47H2,1-3H3,(H2,48,69)(H,55,71)(H,56,64)(H,57,75)(H,58,70)(H,59,73)(H,60,72)(H,61,74)(H,65,66)(H,67,68)(H4,49,50,53)(H4,51,52,54)/t22-,26-,27-,28-,29-,30-,31-/m0/s1. The highest BCUT2D eigenvalue weighted by atomic mass is 16.4. The van der Waals surface area contributed by atoms with E-state index in [2.05, 4.69) is 47.2 Å². The van der Waals surface area contributed by atoms with Crippen LogP contribution in [0.2, 0.25) is 0 Å². The Morgan fingerprint density at radius 1 is 0.597 bits per heavy atom. The van der Waals surface area contributed by atoms with Gasteiger partial charge in [0.1, 0.15) is 36.3 Å². The molecule has 2 rings (SSSR count). The molecule has 0 aliphatic carbocycles. The molecular formula is C45H72N18O14. The largest absolute Gasteiger partial charge is 0.481 e. The summed E-state index contributed by atoms with van der Waals surface area (Å²) in [5.41, 5.74) is 38.9. The number of nitrogens with two attached hydrogens (primary N) is 7. The summed E-state index contributed by atoms with van der Waals surface area (Å²) in [5.74, 6) is -13.7. The summed E-state index contributed by atoms with van der Waals surface area (Å²) < 4.78 is 0. The summed E-state index contributed by atoms with van der Waals surface area (Å²) >= 11 is 0. The number of carboxylic acid groups (broad SMARTS) is 2. The van der Waals surface area contributed by atoms with Crippen molar-refractivity contribution in [3.8, 4) is 0 Å². The molecule has 0 fully saturated rings. The highest BCUT2D eigenvalue weighted by Gasteiger charge is 2.40. The maximum atomic E-state index is 14.0. The van der Waals surface area contributed by atoms with E-state index in [9.17, 15) is 67.7 Å². The van der Waals surface area contributed by atoms with E-state index in [0.717, 1.165) is 0 Å². The molecule has 23 N–H and O–H groups in total. The number of aliphatic imine (C=N–C) groups is 2. The number of carboxylic acids is 2. The average Bonchev–Trinajstić information content (AvgIpc) is 3.58. The summed E-state index contributed by atoms with van der Waals surface area (Å²) in [6.07, 6.45) is -1.39. The molecule has 0 radical (unpaired) electrons. The first-order valence-electron chi connectivity index (χ1n) is 24.2. The maximum absolute atomic E-state index is 14.0. The predicted octanol–water partition coefficient (Wildman–Crippen LogP) is -7.22. The van der Waals surface area contributed by atoms with Crippen LogP contribution in [0.4, 0.5) is 5.69 Å². The van der Waals surface area contributed by atoms with Gasteiger partial charge < -0.3 is 92.5 Å². The van der Waals surface area contributed by atoms with Gasteiger partial charge in [0, 0.05) is 39.3 Å². The Morgan fingerprint density at radius 2 is 1.08 bits per heavy atom. The number of primary amides is 1. The minimum absolute atomic E-state index is 0.0184. The average molecular weight is 1090 g/mol. The normalized spacial score (nSPS) is 14.3. The smallest absolute Gasteiger partial charge is 0.305 e. The number of hydrogen-bond donors (Lipinski definition) is 16. The molecule has 32 heteroatoms. The topological polar surface area (TPSA) is 543 Å². The molecule has 1 heterocycles. The van der Waals surface area contributed by atoms with Gasteiger partial charge in [-0.05, 0) is 83.0 Å². The van der Waals surface area contributed by atoms with Crippen LogP contribution >= 0.6 is 0 Å². The molecule has 0 saturated heterocycles. The second-order valence-electron chi connectivity index (χ2n) is 17.9. The number of fused-ring (bicyclic) bond motifs is 1. The van der Waals surface area contributed by atoms with Crippen LogP contribution in [0.15, 0.2) is 28.2 Å². The number of rotatable bonds is 35. The molecule has 1 aromatic rings. The van der Waals surface area contributed by atoms with Crippen molar-refractivity contribution >= 4 is 88.6 Å². The van der Waals surface area contributed by atoms with Gasteiger partial charge in [0.15, 0.2) is 11.9 Å². The minimum atomic E-state index is -2.04. The van der Waals surface area contributed by atoms with Gasteiger partial charge in [-0.15, -0.1) is 0 Å². The highest BCUT2D eigenvalue weighted by Crippen LogP contribution is 2.27. The second kappa shape index (κ2) is 31.9. The van der Waals surface area contributed by atoms with Gasteiger partial charge in [-0.2, -0.15) is 0 Å². The number of nitrogens with one attached hydrogen (secondary N) is 7. The van der Waals surface area contributed by atoms with Gasteiger partial charge in [-0.3, -0.25) is 72.4 Å². The van der Waals surface area contributed by atoms with Crippen LogP contribution in [0.1, 0.15) is 91.8 Å². The molecule has 0 bridgehead atoms. The van der Waals surface area contributed by atoms with Crippen molar-refractivity contribution in [1.82, 2.24) is 42.1 Å². The lowest BCUT2D eigenvalue weighted by molar-refractivity contribution is -0.141. The van der Waals surface area contributed by atoms with Crippen LogP contribution < -0.4 is 82.3 Å². The fourth-order valence-corrected chi connectivity index (χ4v) is 7.27. The number of aliphatic carboxylic acids is 2. The number of anilines is 1. The Morgan fingerprint density at radius 3 is 1.57 bits per heavy atom. The molecule has 0 aromatic heterocycles. The van der Waals surface area contributed by atoms with E-state index >= 15 is 0 Å². The van der Waals surface area contributed by atoms with Crippen molar-refractivity contribution in [3.63, 3.8) is 0 Å². The number of carbonyl (C=O) groups is 12. The van der Waals surface area contributed by atoms with Crippen molar-refractivity contribution in [2.45, 2.75) is 113 Å². The van der Waals surface area contributed by atoms with Gasteiger partial charge in [0.05, 0.1) is 36.7 Å². The van der Waals surface area contributed by atoms with Crippen molar-refractivity contribution in [3.05, 3.63) is 29.3 Å². The number of nitrogens with zero attached hydrogens (tertiary/aromatic N) is 4. The third kappa shape index (κ3) is 22.4. The molecule has 0 unspecified atom stereocenters. The quantitative estimate of drug-likeness (QED) is 0.0130. The molecule has 1 aromatic carbocycles. The van der Waals surface area contributed by atoms with Gasteiger partial charge in [-0.1, -0.05) is 0 Å². The molecule has 0 spiro atoms. The Hall–Kier alpha value is -8.68. The van der Waals surface area contributed by atoms with Crippen LogP contribution in [-0.4, -0.2) is 187 Å². The number of hydrogen-bond acceptors (Lipinski definition) is 17. The number of imide groups is 1. The first-order valence-corrected chi connectivity index (χ1v) is 24.2. The summed E-state index contributed by atoms with van der Waals surface area (Å²) in [6, 6.07) is -6.36. The number of benzene rings is 1. The fourth-order valence-electron chi connectivity index (χ4n) is 7.27. The molecule has 77 heavy (non-hydrogen) atoms. The van der Waals surface area contributed by atoms with E-state index in [0.29, 0.717) is 30.0 Å². The predicted molar refractivity (Wildman–Crippen MR) is 275 cm³/mol. The van der Waals surface area contributed by atoms with Crippen LogP contribution in [0.25, 0.3) is 0 Å². The molecule has 426 valence electrons. The zero-order valence-corrected chi connectivity index (χ0v) is 43.0. The summed E-state index contributed by atoms with van der Waals surface area (Å²) in [7, 11) is 3.35. The van der Waals surface area contributed by atoms with Gasteiger partial charge in [0.2, 0.25) is 47.3 Å². The Labute approximate surface area is 442 Å². The lowest BCUT2D eigenvalue weighted by Crippen LogP contribution is -2.60. The van der Waals surface area contributed by atoms with E-state index in [-0.39, 0.29) is 68.2 Å². The lowest BCUT2D eigenvalue weighted by Gasteiger charge is -2.27. The van der Waals surface area contributed by atoms with Crippen molar-refractivity contribution in [2.24, 2.45) is 50.1 Å². The second-order valence-corrected chi connectivity index (χ2v) is 17.9. The van der Waals surface area contributed by atoms with E-state index in [4.69, 9.17) is 40.1 Å². The van der Waals surface area contributed by atoms with Crippen LogP contribution in [0, 0.1) is 0 Å². The molecule has 1 aliphatic heterocycles. The zero-order valence-electron chi connectivity index (χ0n) is 43.0. The Kier molecular flexibility index (Phi) is 26.7. The van der Waals surface area contributed by atoms with Gasteiger partial charge in [-0.25, -0.2) is 0 Å². The number of amides is 10. The molecule has 10 amide bonds. The van der Waals surface area contributed by atoms with Crippen LogP contribution in [-0.2, 0) is 47.9 Å². The minimum Gasteiger partial charge on any atom is -0.481 e. The summed E-state index contributed by atoms with van der Waals surface area (Å²) in [6.45, 7) is -0.214. The third-order valence-electron chi connectivity index (χ3n) is 11.4. The van der Waals surface area contributed by atoms with Crippen molar-refractivity contribution in [2.75, 3.05) is 51.7 Å². The zero-order chi connectivity index (χ0) is 58.1. The van der Waals surface area contributed by atoms with E-state index in [1.54, 1.807) is 25.1 Å². The molecule has 7 atom stereocenters. The molecule has 32 nitrogen and oxygen atoms in total. The van der Waals surface area contributed by atoms with Crippen molar-refractivity contribution in [1.29, 1.82) is 0 Å². The van der Waals surface area contributed by atoms with Gasteiger partial charge >= 0.3 is 11.9 Å². The first kappa shape index (κ1) is 64.4. The summed E-state index contributed by atoms with van der Waals surface area (Å²) in [5, 5.41) is 35.4. The molecular weight excluding hydrogens is 1020 g/mol. The summed E-state index contributed by atoms with van der Waals surface area (Å²) in [4.78, 5) is 168. The lowest BCUT2D eigenvalue weighted by atomic mass is 10.0. The van der Waals surface area contributed by atoms with Gasteiger partial charge in [0.25, 0.3) is 11.8 Å². The molecule has 0 saturated carbocycles. The number of unbranched alkanes of at least 4 members (excludes halogenated alkanes) is 1. The number of guanidine groups is 2. The Bertz CT molecular complexity index is 2390. The third-order valence-corrected chi connectivity index (χ3v) is 11.4. The molecule has 1 aliphatic rings. The maximum Gasteiger partial charge on any atom is 0.305 e. The van der Waals surface area contributed by atoms with E-state index in [1.807, 2.05) is 0 Å². The van der Waals surface area contributed by atoms with E-state index in [1.165, 1.54) is 19.1 Å². The van der Waals surface area contributed by atoms with Crippen LogP contribution in [0.5, 0.6) is 0 Å². The highest BCUT2D eigenvalue weighted by molar-refractivity contribution is 6.22.